The fourth-order valence-electron chi connectivity index (χ4n) is 1.69. The summed E-state index contributed by atoms with van der Waals surface area (Å²) in [6.45, 7) is 4.13. The van der Waals surface area contributed by atoms with Gasteiger partial charge in [-0.15, -0.1) is 0 Å². The number of aryl methyl sites for hydroxylation is 1. The van der Waals surface area contributed by atoms with Crippen LogP contribution >= 0.6 is 27.5 Å². The second kappa shape index (κ2) is 5.77. The van der Waals surface area contributed by atoms with Crippen molar-refractivity contribution in [2.75, 3.05) is 0 Å². The normalized spacial score (nSPS) is 10.4. The summed E-state index contributed by atoms with van der Waals surface area (Å²) in [4.78, 5) is 0. The van der Waals surface area contributed by atoms with Crippen LogP contribution in [-0.4, -0.2) is 0 Å². The highest BCUT2D eigenvalue weighted by atomic mass is 79.9. The fraction of sp³-hybridized carbons (Fsp3) is 0.200. The van der Waals surface area contributed by atoms with E-state index in [2.05, 4.69) is 35.8 Å². The molecule has 0 bridgehead atoms. The van der Waals surface area contributed by atoms with Gasteiger partial charge in [-0.25, -0.2) is 0 Å². The highest BCUT2D eigenvalue weighted by molar-refractivity contribution is 9.08. The van der Waals surface area contributed by atoms with Gasteiger partial charge in [-0.05, 0) is 43.2 Å². The molecule has 0 saturated heterocycles. The van der Waals surface area contributed by atoms with Crippen LogP contribution in [0.4, 0.5) is 0 Å². The Hall–Kier alpha value is -0.990. The van der Waals surface area contributed by atoms with Gasteiger partial charge in [0.25, 0.3) is 0 Å². The number of halogens is 2. The molecule has 0 amide bonds. The van der Waals surface area contributed by atoms with Gasteiger partial charge in [0.15, 0.2) is 0 Å². The Morgan fingerprint density at radius 1 is 1.11 bits per heavy atom. The summed E-state index contributed by atoms with van der Waals surface area (Å²) in [5, 5.41) is 1.42. The first kappa shape index (κ1) is 13.4. The number of hydrogen-bond acceptors (Lipinski definition) is 1. The van der Waals surface area contributed by atoms with E-state index >= 15 is 0 Å². The molecule has 0 N–H and O–H groups in total. The molecule has 0 atom stereocenters. The Morgan fingerprint density at radius 2 is 1.89 bits per heavy atom. The van der Waals surface area contributed by atoms with Crippen LogP contribution in [-0.2, 0) is 5.33 Å². The third kappa shape index (κ3) is 2.88. The second-order valence-electron chi connectivity index (χ2n) is 4.19. The molecule has 1 nitrogen and oxygen atoms in total. The van der Waals surface area contributed by atoms with Gasteiger partial charge < -0.3 is 4.74 Å². The van der Waals surface area contributed by atoms with Crippen LogP contribution in [0.5, 0.6) is 11.5 Å². The predicted molar refractivity (Wildman–Crippen MR) is 80.1 cm³/mol. The summed E-state index contributed by atoms with van der Waals surface area (Å²) in [5.41, 5.74) is 3.45. The van der Waals surface area contributed by atoms with Crippen molar-refractivity contribution in [2.45, 2.75) is 19.2 Å². The number of alkyl halides is 1. The number of rotatable bonds is 3. The monoisotopic (exact) mass is 324 g/mol. The van der Waals surface area contributed by atoms with Crippen LogP contribution in [0, 0.1) is 13.8 Å². The van der Waals surface area contributed by atoms with Gasteiger partial charge in [-0.3, -0.25) is 0 Å². The number of hydrogen-bond donors (Lipinski definition) is 0. The van der Waals surface area contributed by atoms with Crippen molar-refractivity contribution >= 4 is 27.5 Å². The zero-order valence-corrected chi connectivity index (χ0v) is 12.7. The molecule has 94 valence electrons. The van der Waals surface area contributed by atoms with E-state index in [0.717, 1.165) is 28.0 Å². The van der Waals surface area contributed by atoms with Crippen molar-refractivity contribution in [3.05, 3.63) is 58.1 Å². The van der Waals surface area contributed by atoms with Crippen molar-refractivity contribution in [1.29, 1.82) is 0 Å². The van der Waals surface area contributed by atoms with Crippen LogP contribution in [0.1, 0.15) is 16.7 Å². The van der Waals surface area contributed by atoms with Gasteiger partial charge in [0, 0.05) is 15.9 Å². The van der Waals surface area contributed by atoms with Crippen LogP contribution in [0.15, 0.2) is 36.4 Å². The molecule has 18 heavy (non-hydrogen) atoms. The Bertz CT molecular complexity index is 566. The molecule has 0 spiro atoms. The Morgan fingerprint density at radius 3 is 2.61 bits per heavy atom. The molecule has 2 rings (SSSR count). The van der Waals surface area contributed by atoms with E-state index in [-0.39, 0.29) is 0 Å². The largest absolute Gasteiger partial charge is 0.457 e. The summed E-state index contributed by atoms with van der Waals surface area (Å²) in [6, 6.07) is 11.7. The first-order valence-electron chi connectivity index (χ1n) is 5.70. The Kier molecular flexibility index (Phi) is 4.31. The van der Waals surface area contributed by atoms with E-state index in [0.29, 0.717) is 5.02 Å². The third-order valence-corrected chi connectivity index (χ3v) is 3.79. The van der Waals surface area contributed by atoms with Crippen molar-refractivity contribution in [1.82, 2.24) is 0 Å². The van der Waals surface area contributed by atoms with Gasteiger partial charge in [-0.1, -0.05) is 45.7 Å². The van der Waals surface area contributed by atoms with E-state index in [1.54, 1.807) is 0 Å². The van der Waals surface area contributed by atoms with Crippen molar-refractivity contribution < 1.29 is 4.74 Å². The maximum atomic E-state index is 6.02. The molecule has 0 unspecified atom stereocenters. The highest BCUT2D eigenvalue weighted by Crippen LogP contribution is 2.32. The summed E-state index contributed by atoms with van der Waals surface area (Å²) in [6.07, 6.45) is 0. The molecular weight excluding hydrogens is 312 g/mol. The van der Waals surface area contributed by atoms with Gasteiger partial charge in [0.1, 0.15) is 11.5 Å². The molecule has 0 fully saturated rings. The van der Waals surface area contributed by atoms with Gasteiger partial charge in [-0.2, -0.15) is 0 Å². The molecule has 0 radical (unpaired) electrons. The summed E-state index contributed by atoms with van der Waals surface area (Å²) >= 11 is 9.47. The quantitative estimate of drug-likeness (QED) is 0.663. The number of benzene rings is 2. The summed E-state index contributed by atoms with van der Waals surface area (Å²) < 4.78 is 5.98. The van der Waals surface area contributed by atoms with Gasteiger partial charge in [0.2, 0.25) is 0 Å². The highest BCUT2D eigenvalue weighted by Gasteiger charge is 2.08. The molecule has 0 aliphatic carbocycles. The zero-order valence-electron chi connectivity index (χ0n) is 10.3. The smallest absolute Gasteiger partial charge is 0.132 e. The van der Waals surface area contributed by atoms with Crippen molar-refractivity contribution in [3.63, 3.8) is 0 Å². The summed E-state index contributed by atoms with van der Waals surface area (Å²) in [5.74, 6) is 1.67. The lowest BCUT2D eigenvalue weighted by Gasteiger charge is -2.13. The Balaban J connectivity index is 2.39. The van der Waals surface area contributed by atoms with E-state index in [9.17, 15) is 0 Å². The first-order valence-corrected chi connectivity index (χ1v) is 7.20. The maximum absolute atomic E-state index is 6.02. The fourth-order valence-corrected chi connectivity index (χ4v) is 2.31. The average molecular weight is 326 g/mol. The molecule has 3 heteroatoms. The van der Waals surface area contributed by atoms with E-state index in [1.807, 2.05) is 30.3 Å². The molecule has 0 aliphatic heterocycles. The van der Waals surface area contributed by atoms with Crippen LogP contribution < -0.4 is 4.74 Å². The first-order chi connectivity index (χ1) is 8.61. The van der Waals surface area contributed by atoms with Crippen LogP contribution in [0.2, 0.25) is 5.02 Å². The second-order valence-corrected chi connectivity index (χ2v) is 5.18. The molecule has 0 aliphatic rings. The van der Waals surface area contributed by atoms with Crippen molar-refractivity contribution in [2.24, 2.45) is 0 Å². The molecular formula is C15H14BrClO. The minimum atomic E-state index is 0.681. The maximum Gasteiger partial charge on any atom is 0.132 e. The Labute approximate surface area is 121 Å². The minimum Gasteiger partial charge on any atom is -0.457 e. The third-order valence-electron chi connectivity index (χ3n) is 2.95. The zero-order chi connectivity index (χ0) is 13.1. The molecule has 2 aromatic carbocycles. The van der Waals surface area contributed by atoms with Gasteiger partial charge >= 0.3 is 0 Å². The number of ether oxygens (including phenoxy) is 1. The molecule has 0 heterocycles. The van der Waals surface area contributed by atoms with E-state index in [4.69, 9.17) is 16.3 Å². The minimum absolute atomic E-state index is 0.681. The standard InChI is InChI=1S/C15H14BrClO/c1-10-4-3-5-14(11(10)2)18-15-8-13(17)7-6-12(15)9-16/h3-8H,9H2,1-2H3. The van der Waals surface area contributed by atoms with Crippen LogP contribution in [0.25, 0.3) is 0 Å². The molecule has 0 aromatic heterocycles. The topological polar surface area (TPSA) is 9.23 Å². The van der Waals surface area contributed by atoms with Crippen molar-refractivity contribution in [3.8, 4) is 11.5 Å². The van der Waals surface area contributed by atoms with Crippen LogP contribution in [0.3, 0.4) is 0 Å². The molecule has 2 aromatic rings. The lowest BCUT2D eigenvalue weighted by molar-refractivity contribution is 0.474. The lowest BCUT2D eigenvalue weighted by atomic mass is 10.1. The van der Waals surface area contributed by atoms with E-state index in [1.165, 1.54) is 5.56 Å². The van der Waals surface area contributed by atoms with Gasteiger partial charge in [0.05, 0.1) is 0 Å². The average Bonchev–Trinajstić information content (AvgIpc) is 2.35. The van der Waals surface area contributed by atoms with E-state index < -0.39 is 0 Å². The lowest BCUT2D eigenvalue weighted by Crippen LogP contribution is -1.93. The summed E-state index contributed by atoms with van der Waals surface area (Å²) in [7, 11) is 0. The molecule has 0 saturated carbocycles. The predicted octanol–water partition coefficient (Wildman–Crippen LogP) is 5.64. The SMILES string of the molecule is Cc1cccc(Oc2cc(Cl)ccc2CBr)c1C.